The maximum atomic E-state index is 13.9. The SMILES string of the molecule is CCCCCN(C)CCC(N)c1c(F)cccc1OC. The molecule has 0 aliphatic heterocycles. The molecule has 0 saturated heterocycles. The molecule has 114 valence electrons. The van der Waals surface area contributed by atoms with Crippen LogP contribution in [0.1, 0.15) is 44.2 Å². The fourth-order valence-corrected chi connectivity index (χ4v) is 2.30. The molecule has 0 aliphatic rings. The second-order valence-electron chi connectivity index (χ2n) is 5.26. The van der Waals surface area contributed by atoms with Gasteiger partial charge in [0.15, 0.2) is 0 Å². The number of rotatable bonds is 9. The third kappa shape index (κ3) is 5.10. The Morgan fingerprint density at radius 3 is 2.70 bits per heavy atom. The molecule has 0 aromatic heterocycles. The molecule has 1 aromatic rings. The molecule has 0 saturated carbocycles. The zero-order valence-electron chi connectivity index (χ0n) is 12.9. The van der Waals surface area contributed by atoms with Crippen LogP contribution in [0.5, 0.6) is 5.75 Å². The van der Waals surface area contributed by atoms with Gasteiger partial charge >= 0.3 is 0 Å². The lowest BCUT2D eigenvalue weighted by Gasteiger charge is -2.21. The van der Waals surface area contributed by atoms with E-state index in [1.807, 2.05) is 0 Å². The molecule has 3 nitrogen and oxygen atoms in total. The van der Waals surface area contributed by atoms with Crippen LogP contribution in [0.3, 0.4) is 0 Å². The van der Waals surface area contributed by atoms with Crippen LogP contribution in [0.15, 0.2) is 18.2 Å². The van der Waals surface area contributed by atoms with E-state index in [1.54, 1.807) is 19.2 Å². The van der Waals surface area contributed by atoms with E-state index >= 15 is 0 Å². The molecule has 0 bridgehead atoms. The van der Waals surface area contributed by atoms with Gasteiger partial charge in [-0.3, -0.25) is 0 Å². The molecule has 0 radical (unpaired) electrons. The van der Waals surface area contributed by atoms with E-state index in [-0.39, 0.29) is 11.9 Å². The highest BCUT2D eigenvalue weighted by Gasteiger charge is 2.17. The summed E-state index contributed by atoms with van der Waals surface area (Å²) in [5, 5.41) is 0. The van der Waals surface area contributed by atoms with Crippen LogP contribution in [-0.2, 0) is 0 Å². The molecule has 0 heterocycles. The minimum absolute atomic E-state index is 0.287. The van der Waals surface area contributed by atoms with Crippen molar-refractivity contribution in [3.63, 3.8) is 0 Å². The average Bonchev–Trinajstić information content (AvgIpc) is 2.44. The Morgan fingerprint density at radius 2 is 2.05 bits per heavy atom. The number of ether oxygens (including phenoxy) is 1. The van der Waals surface area contributed by atoms with Gasteiger partial charge in [0.1, 0.15) is 11.6 Å². The van der Waals surface area contributed by atoms with Gasteiger partial charge in [-0.1, -0.05) is 25.8 Å². The zero-order valence-corrected chi connectivity index (χ0v) is 12.9. The highest BCUT2D eigenvalue weighted by molar-refractivity contribution is 5.37. The largest absolute Gasteiger partial charge is 0.496 e. The zero-order chi connectivity index (χ0) is 15.0. The summed E-state index contributed by atoms with van der Waals surface area (Å²) in [6.07, 6.45) is 4.39. The topological polar surface area (TPSA) is 38.5 Å². The van der Waals surface area contributed by atoms with Gasteiger partial charge in [-0.2, -0.15) is 0 Å². The van der Waals surface area contributed by atoms with Crippen molar-refractivity contribution >= 4 is 0 Å². The fraction of sp³-hybridized carbons (Fsp3) is 0.625. The standard InChI is InChI=1S/C16H27FN2O/c1-4-5-6-11-19(2)12-10-14(18)16-13(17)8-7-9-15(16)20-3/h7-9,14H,4-6,10-12,18H2,1-3H3. The van der Waals surface area contributed by atoms with E-state index in [0.717, 1.165) is 19.5 Å². The van der Waals surface area contributed by atoms with Gasteiger partial charge in [0.25, 0.3) is 0 Å². The first kappa shape index (κ1) is 16.9. The van der Waals surface area contributed by atoms with Crippen LogP contribution in [0.4, 0.5) is 4.39 Å². The second-order valence-corrected chi connectivity index (χ2v) is 5.26. The number of nitrogens with zero attached hydrogens (tertiary/aromatic N) is 1. The number of nitrogens with two attached hydrogens (primary N) is 1. The fourth-order valence-electron chi connectivity index (χ4n) is 2.30. The van der Waals surface area contributed by atoms with Crippen molar-refractivity contribution in [3.05, 3.63) is 29.6 Å². The number of methoxy groups -OCH3 is 1. The number of benzene rings is 1. The highest BCUT2D eigenvalue weighted by atomic mass is 19.1. The third-order valence-electron chi connectivity index (χ3n) is 3.57. The van der Waals surface area contributed by atoms with Crippen LogP contribution in [-0.4, -0.2) is 32.1 Å². The van der Waals surface area contributed by atoms with E-state index in [9.17, 15) is 4.39 Å². The van der Waals surface area contributed by atoms with Crippen molar-refractivity contribution in [1.29, 1.82) is 0 Å². The molecule has 0 amide bonds. The quantitative estimate of drug-likeness (QED) is 0.706. The molecular weight excluding hydrogens is 255 g/mol. The Labute approximate surface area is 121 Å². The van der Waals surface area contributed by atoms with Crippen molar-refractivity contribution in [2.45, 2.75) is 38.6 Å². The smallest absolute Gasteiger partial charge is 0.131 e. The lowest BCUT2D eigenvalue weighted by Crippen LogP contribution is -2.25. The predicted octanol–water partition coefficient (Wildman–Crippen LogP) is 3.35. The van der Waals surface area contributed by atoms with Gasteiger partial charge in [0.05, 0.1) is 7.11 Å². The summed E-state index contributed by atoms with van der Waals surface area (Å²) in [6, 6.07) is 4.49. The Kier molecular flexibility index (Phi) is 7.55. The van der Waals surface area contributed by atoms with E-state index < -0.39 is 0 Å². The number of hydrogen-bond donors (Lipinski definition) is 1. The predicted molar refractivity (Wildman–Crippen MR) is 81.5 cm³/mol. The molecule has 20 heavy (non-hydrogen) atoms. The highest BCUT2D eigenvalue weighted by Crippen LogP contribution is 2.28. The lowest BCUT2D eigenvalue weighted by atomic mass is 10.0. The van der Waals surface area contributed by atoms with Crippen LogP contribution in [0, 0.1) is 5.82 Å². The molecule has 1 atom stereocenters. The van der Waals surface area contributed by atoms with Crippen molar-refractivity contribution in [1.82, 2.24) is 4.90 Å². The molecule has 1 unspecified atom stereocenters. The lowest BCUT2D eigenvalue weighted by molar-refractivity contribution is 0.307. The van der Waals surface area contributed by atoms with Crippen LogP contribution in [0.2, 0.25) is 0 Å². The molecule has 0 aliphatic carbocycles. The minimum atomic E-state index is -0.334. The number of halogens is 1. The molecule has 1 rings (SSSR count). The van der Waals surface area contributed by atoms with Crippen LogP contribution >= 0.6 is 0 Å². The summed E-state index contributed by atoms with van der Waals surface area (Å²) in [5.74, 6) is 0.247. The van der Waals surface area contributed by atoms with E-state index in [0.29, 0.717) is 11.3 Å². The molecular formula is C16H27FN2O. The van der Waals surface area contributed by atoms with Crippen molar-refractivity contribution < 1.29 is 9.13 Å². The second kappa shape index (κ2) is 8.93. The Morgan fingerprint density at radius 1 is 1.30 bits per heavy atom. The molecule has 1 aromatic carbocycles. The number of unbranched alkanes of at least 4 members (excludes halogenated alkanes) is 2. The monoisotopic (exact) mass is 282 g/mol. The third-order valence-corrected chi connectivity index (χ3v) is 3.57. The van der Waals surface area contributed by atoms with E-state index in [2.05, 4.69) is 18.9 Å². The van der Waals surface area contributed by atoms with Crippen molar-refractivity contribution in [2.24, 2.45) is 5.73 Å². The minimum Gasteiger partial charge on any atom is -0.496 e. The summed E-state index contributed by atoms with van der Waals surface area (Å²) >= 11 is 0. The summed E-state index contributed by atoms with van der Waals surface area (Å²) in [6.45, 7) is 4.12. The first-order chi connectivity index (χ1) is 9.60. The van der Waals surface area contributed by atoms with E-state index in [1.165, 1.54) is 25.3 Å². The molecule has 0 spiro atoms. The molecule has 4 heteroatoms. The Balaban J connectivity index is 2.52. The van der Waals surface area contributed by atoms with Crippen molar-refractivity contribution in [2.75, 3.05) is 27.2 Å². The maximum Gasteiger partial charge on any atom is 0.131 e. The van der Waals surface area contributed by atoms with Crippen LogP contribution < -0.4 is 10.5 Å². The van der Waals surface area contributed by atoms with Gasteiger partial charge in [-0.05, 0) is 45.1 Å². The summed E-state index contributed by atoms with van der Waals surface area (Å²) in [7, 11) is 3.63. The summed E-state index contributed by atoms with van der Waals surface area (Å²) < 4.78 is 19.1. The van der Waals surface area contributed by atoms with Crippen molar-refractivity contribution in [3.8, 4) is 5.75 Å². The molecule has 2 N–H and O–H groups in total. The summed E-state index contributed by atoms with van der Waals surface area (Å²) in [5.41, 5.74) is 6.61. The average molecular weight is 282 g/mol. The van der Waals surface area contributed by atoms with Gasteiger partial charge in [0.2, 0.25) is 0 Å². The van der Waals surface area contributed by atoms with Gasteiger partial charge in [-0.25, -0.2) is 4.39 Å². The first-order valence-corrected chi connectivity index (χ1v) is 7.36. The number of hydrogen-bond acceptors (Lipinski definition) is 3. The van der Waals surface area contributed by atoms with Gasteiger partial charge in [-0.15, -0.1) is 0 Å². The normalized spacial score (nSPS) is 12.7. The Hall–Kier alpha value is -1.13. The summed E-state index contributed by atoms with van der Waals surface area (Å²) in [4.78, 5) is 2.25. The van der Waals surface area contributed by atoms with Crippen LogP contribution in [0.25, 0.3) is 0 Å². The Bertz CT molecular complexity index is 398. The van der Waals surface area contributed by atoms with Gasteiger partial charge < -0.3 is 15.4 Å². The molecule has 0 fully saturated rings. The maximum absolute atomic E-state index is 13.9. The van der Waals surface area contributed by atoms with E-state index in [4.69, 9.17) is 10.5 Å². The van der Waals surface area contributed by atoms with Gasteiger partial charge in [0, 0.05) is 11.6 Å². The first-order valence-electron chi connectivity index (χ1n) is 7.36.